The second-order valence-electron chi connectivity index (χ2n) is 8.57. The molecule has 0 saturated heterocycles. The number of amides is 2. The molecule has 0 bridgehead atoms. The van der Waals surface area contributed by atoms with Gasteiger partial charge >= 0.3 is 10.2 Å². The predicted octanol–water partition coefficient (Wildman–Crippen LogP) is 2.82. The summed E-state index contributed by atoms with van der Waals surface area (Å²) in [6.45, 7) is -0.803. The summed E-state index contributed by atoms with van der Waals surface area (Å²) >= 11 is 0. The third kappa shape index (κ3) is 6.93. The van der Waals surface area contributed by atoms with Crippen molar-refractivity contribution in [3.63, 3.8) is 0 Å². The highest BCUT2D eigenvalue weighted by molar-refractivity contribution is 7.90. The average Bonchev–Trinajstić information content (AvgIpc) is 2.90. The van der Waals surface area contributed by atoms with Gasteiger partial charge in [-0.15, -0.1) is 0 Å². The summed E-state index contributed by atoms with van der Waals surface area (Å²) in [6.07, 6.45) is 0.159. The van der Waals surface area contributed by atoms with Crippen molar-refractivity contribution in [1.82, 2.24) is 14.5 Å². The van der Waals surface area contributed by atoms with E-state index in [0.717, 1.165) is 14.2 Å². The van der Waals surface area contributed by atoms with Crippen LogP contribution in [0.25, 0.3) is 0 Å². The van der Waals surface area contributed by atoms with Gasteiger partial charge in [0.2, 0.25) is 11.8 Å². The van der Waals surface area contributed by atoms with Gasteiger partial charge in [0.05, 0.1) is 5.69 Å². The highest BCUT2D eigenvalue weighted by atomic mass is 32.2. The molecule has 0 heterocycles. The number of rotatable bonds is 11. The van der Waals surface area contributed by atoms with E-state index in [0.29, 0.717) is 0 Å². The number of halogens is 1. The minimum Gasteiger partial charge on any atom is -0.357 e. The zero-order chi connectivity index (χ0) is 27.0. The topological polar surface area (TPSA) is 90.0 Å². The molecule has 0 aromatic heterocycles. The largest absolute Gasteiger partial charge is 0.357 e. The van der Waals surface area contributed by atoms with Gasteiger partial charge in [-0.1, -0.05) is 66.7 Å². The number of hydrogen-bond donors (Lipinski definition) is 1. The molecule has 1 atom stereocenters. The van der Waals surface area contributed by atoms with Gasteiger partial charge in [-0.25, -0.2) is 8.70 Å². The molecule has 3 aromatic carbocycles. The van der Waals surface area contributed by atoms with Crippen LogP contribution < -0.4 is 9.62 Å². The second-order valence-corrected chi connectivity index (χ2v) is 10.6. The Morgan fingerprint density at radius 3 is 2.03 bits per heavy atom. The van der Waals surface area contributed by atoms with E-state index < -0.39 is 40.4 Å². The van der Waals surface area contributed by atoms with Gasteiger partial charge in [0.1, 0.15) is 18.4 Å². The first-order valence-corrected chi connectivity index (χ1v) is 13.1. The van der Waals surface area contributed by atoms with Crippen LogP contribution in [0.4, 0.5) is 10.1 Å². The van der Waals surface area contributed by atoms with Crippen LogP contribution in [0.5, 0.6) is 0 Å². The Hall–Kier alpha value is -3.76. The molecule has 3 rings (SSSR count). The SMILES string of the molecule is CNC(=O)[C@@H](Cc1ccccc1)N(Cc1ccccc1F)C(=O)CN(c1ccccc1)S(=O)(=O)N(C)C. The van der Waals surface area contributed by atoms with Gasteiger partial charge in [-0.3, -0.25) is 9.59 Å². The highest BCUT2D eigenvalue weighted by Crippen LogP contribution is 2.22. The average molecular weight is 527 g/mol. The number of para-hydroxylation sites is 1. The third-order valence-electron chi connectivity index (χ3n) is 5.88. The van der Waals surface area contributed by atoms with Gasteiger partial charge in [-0.05, 0) is 23.8 Å². The smallest absolute Gasteiger partial charge is 0.304 e. The molecular weight excluding hydrogens is 495 g/mol. The van der Waals surface area contributed by atoms with E-state index in [4.69, 9.17) is 0 Å². The van der Waals surface area contributed by atoms with Gasteiger partial charge in [0.25, 0.3) is 0 Å². The molecule has 0 unspecified atom stereocenters. The number of nitrogens with one attached hydrogen (secondary N) is 1. The number of nitrogens with zero attached hydrogens (tertiary/aromatic N) is 3. The molecule has 0 radical (unpaired) electrons. The summed E-state index contributed by atoms with van der Waals surface area (Å²) in [5, 5.41) is 2.59. The van der Waals surface area contributed by atoms with Crippen LogP contribution in [-0.2, 0) is 32.8 Å². The molecule has 10 heteroatoms. The van der Waals surface area contributed by atoms with Crippen molar-refractivity contribution in [1.29, 1.82) is 0 Å². The number of likely N-dealkylation sites (N-methyl/N-ethyl adjacent to an activating group) is 1. The number of benzene rings is 3. The summed E-state index contributed by atoms with van der Waals surface area (Å²) in [6, 6.07) is 22.3. The van der Waals surface area contributed by atoms with Crippen LogP contribution in [-0.4, -0.2) is 63.2 Å². The monoisotopic (exact) mass is 526 g/mol. The van der Waals surface area contributed by atoms with Crippen molar-refractivity contribution < 1.29 is 22.4 Å². The second kappa shape index (κ2) is 12.5. The first-order chi connectivity index (χ1) is 17.6. The standard InChI is InChI=1S/C27H31FN4O4S/c1-29-27(34)25(18-21-12-6-4-7-13-21)31(19-22-14-10-11-17-24(22)28)26(33)20-32(37(35,36)30(2)3)23-15-8-5-9-16-23/h4-17,25H,18-20H2,1-3H3,(H,29,34)/t25-/m1/s1. The molecule has 0 fully saturated rings. The quantitative estimate of drug-likeness (QED) is 0.416. The van der Waals surface area contributed by atoms with E-state index in [-0.39, 0.29) is 24.2 Å². The lowest BCUT2D eigenvalue weighted by Crippen LogP contribution is -2.54. The maximum absolute atomic E-state index is 14.7. The Morgan fingerprint density at radius 1 is 0.892 bits per heavy atom. The normalized spacial score (nSPS) is 12.1. The van der Waals surface area contributed by atoms with E-state index in [2.05, 4.69) is 5.32 Å². The zero-order valence-corrected chi connectivity index (χ0v) is 21.9. The zero-order valence-electron chi connectivity index (χ0n) is 21.0. The summed E-state index contributed by atoms with van der Waals surface area (Å²) in [7, 11) is 0.131. The Kier molecular flexibility index (Phi) is 9.37. The molecule has 2 amide bonds. The maximum Gasteiger partial charge on any atom is 0.304 e. The van der Waals surface area contributed by atoms with Gasteiger partial charge in [0.15, 0.2) is 0 Å². The predicted molar refractivity (Wildman–Crippen MR) is 141 cm³/mol. The molecule has 3 aromatic rings. The van der Waals surface area contributed by atoms with E-state index in [1.165, 1.54) is 44.2 Å². The van der Waals surface area contributed by atoms with Crippen molar-refractivity contribution in [3.05, 3.63) is 102 Å². The molecule has 0 aliphatic heterocycles. The molecule has 8 nitrogen and oxygen atoms in total. The molecule has 0 spiro atoms. The summed E-state index contributed by atoms with van der Waals surface area (Å²) < 4.78 is 43.0. The summed E-state index contributed by atoms with van der Waals surface area (Å²) in [5.41, 5.74) is 1.29. The van der Waals surface area contributed by atoms with Gasteiger partial charge in [-0.2, -0.15) is 12.7 Å². The highest BCUT2D eigenvalue weighted by Gasteiger charge is 2.34. The summed E-state index contributed by atoms with van der Waals surface area (Å²) in [4.78, 5) is 28.2. The van der Waals surface area contributed by atoms with Crippen LogP contribution in [0.1, 0.15) is 11.1 Å². The number of hydrogen-bond acceptors (Lipinski definition) is 4. The van der Waals surface area contributed by atoms with E-state index in [1.54, 1.807) is 36.4 Å². The number of carbonyl (C=O) groups excluding carboxylic acids is 2. The molecule has 0 aliphatic rings. The Balaban J connectivity index is 2.06. The minimum absolute atomic E-state index is 0.159. The Bertz CT molecular complexity index is 1300. The fourth-order valence-corrected chi connectivity index (χ4v) is 4.90. The minimum atomic E-state index is -4.07. The van der Waals surface area contributed by atoms with Crippen LogP contribution in [0.3, 0.4) is 0 Å². The van der Waals surface area contributed by atoms with Crippen LogP contribution in [0, 0.1) is 5.82 Å². The molecule has 37 heavy (non-hydrogen) atoms. The molecule has 0 saturated carbocycles. The molecular formula is C27H31FN4O4S. The van der Waals surface area contributed by atoms with Gasteiger partial charge < -0.3 is 10.2 Å². The van der Waals surface area contributed by atoms with Crippen molar-refractivity contribution in [2.75, 3.05) is 32.0 Å². The Labute approximate surface area is 217 Å². The fourth-order valence-electron chi connectivity index (χ4n) is 3.84. The summed E-state index contributed by atoms with van der Waals surface area (Å²) in [5.74, 6) is -1.63. The lowest BCUT2D eigenvalue weighted by Gasteiger charge is -2.34. The van der Waals surface area contributed by atoms with Crippen molar-refractivity contribution in [2.24, 2.45) is 0 Å². The van der Waals surface area contributed by atoms with E-state index in [1.807, 2.05) is 30.3 Å². The number of anilines is 1. The van der Waals surface area contributed by atoms with Crippen molar-refractivity contribution in [2.45, 2.75) is 19.0 Å². The molecule has 196 valence electrons. The van der Waals surface area contributed by atoms with Crippen LogP contribution in [0.2, 0.25) is 0 Å². The number of carbonyl (C=O) groups is 2. The molecule has 1 N–H and O–H groups in total. The Morgan fingerprint density at radius 2 is 1.46 bits per heavy atom. The lowest BCUT2D eigenvalue weighted by atomic mass is 10.0. The fraction of sp³-hybridized carbons (Fsp3) is 0.259. The van der Waals surface area contributed by atoms with Crippen molar-refractivity contribution in [3.8, 4) is 0 Å². The maximum atomic E-state index is 14.7. The van der Waals surface area contributed by atoms with Gasteiger partial charge in [0, 0.05) is 39.7 Å². The lowest BCUT2D eigenvalue weighted by molar-refractivity contribution is -0.139. The van der Waals surface area contributed by atoms with Crippen LogP contribution in [0.15, 0.2) is 84.9 Å². The van der Waals surface area contributed by atoms with E-state index in [9.17, 15) is 22.4 Å². The molecule has 0 aliphatic carbocycles. The van der Waals surface area contributed by atoms with Crippen molar-refractivity contribution >= 4 is 27.7 Å². The third-order valence-corrected chi connectivity index (χ3v) is 7.70. The first kappa shape index (κ1) is 27.8. The van der Waals surface area contributed by atoms with E-state index >= 15 is 0 Å². The first-order valence-electron chi connectivity index (χ1n) is 11.7. The van der Waals surface area contributed by atoms with Crippen LogP contribution >= 0.6 is 0 Å².